The Balaban J connectivity index is 2.15. The van der Waals surface area contributed by atoms with Crippen LogP contribution < -0.4 is 5.32 Å². The summed E-state index contributed by atoms with van der Waals surface area (Å²) in [6.07, 6.45) is 1.30. The maximum atomic E-state index is 12.6. The number of aryl methyl sites for hydroxylation is 2. The number of rotatable bonds is 6. The Bertz CT molecular complexity index is 934. The molecule has 0 atom stereocenters. The third kappa shape index (κ3) is 4.12. The summed E-state index contributed by atoms with van der Waals surface area (Å²) in [6.45, 7) is 1.48. The average molecular weight is 379 g/mol. The molecule has 8 nitrogen and oxygen atoms in total. The number of aromatic nitrogens is 1. The van der Waals surface area contributed by atoms with Crippen LogP contribution >= 0.6 is 0 Å². The number of benzene rings is 1. The van der Waals surface area contributed by atoms with Crippen LogP contribution in [-0.2, 0) is 26.6 Å². The Morgan fingerprint density at radius 2 is 1.92 bits per heavy atom. The number of methoxy groups -OCH3 is 1. The van der Waals surface area contributed by atoms with Crippen molar-refractivity contribution in [3.63, 3.8) is 0 Å². The van der Waals surface area contributed by atoms with Crippen LogP contribution in [0.15, 0.2) is 41.4 Å². The lowest BCUT2D eigenvalue weighted by Gasteiger charge is -2.16. The van der Waals surface area contributed by atoms with Gasteiger partial charge in [0.2, 0.25) is 15.9 Å². The summed E-state index contributed by atoms with van der Waals surface area (Å²) in [5, 5.41) is 2.68. The number of anilines is 1. The molecule has 1 aromatic carbocycles. The highest BCUT2D eigenvalue weighted by molar-refractivity contribution is 7.89. The zero-order valence-corrected chi connectivity index (χ0v) is 15.8. The molecule has 0 aliphatic heterocycles. The van der Waals surface area contributed by atoms with E-state index < -0.39 is 21.9 Å². The third-order valence-electron chi connectivity index (χ3n) is 3.87. The minimum Gasteiger partial charge on any atom is -0.464 e. The highest BCUT2D eigenvalue weighted by atomic mass is 32.2. The molecule has 1 heterocycles. The van der Waals surface area contributed by atoms with Crippen LogP contribution in [0.25, 0.3) is 0 Å². The van der Waals surface area contributed by atoms with Crippen LogP contribution in [0.1, 0.15) is 16.1 Å². The predicted octanol–water partition coefficient (Wildman–Crippen LogP) is 1.38. The largest absolute Gasteiger partial charge is 0.464 e. The number of carbonyl (C=O) groups is 2. The number of ether oxygens (including phenoxy) is 1. The standard InChI is InChI=1S/C17H21N3O5S/c1-12-7-5-6-8-14(12)18-16(21)11-20(3)26(23,24)13-9-15(17(22)25-4)19(2)10-13/h5-10H,11H2,1-4H3,(H,18,21). The molecule has 1 aromatic heterocycles. The van der Waals surface area contributed by atoms with E-state index in [9.17, 15) is 18.0 Å². The molecule has 140 valence electrons. The van der Waals surface area contributed by atoms with Crippen LogP contribution in [0.5, 0.6) is 0 Å². The first-order valence-corrected chi connectivity index (χ1v) is 9.17. The fraction of sp³-hybridized carbons (Fsp3) is 0.294. The summed E-state index contributed by atoms with van der Waals surface area (Å²) < 4.78 is 32.2. The summed E-state index contributed by atoms with van der Waals surface area (Å²) in [5.74, 6) is -1.11. The molecular formula is C17H21N3O5S. The second kappa shape index (κ2) is 7.71. The number of nitrogens with one attached hydrogen (secondary N) is 1. The first kappa shape index (κ1) is 19.7. The molecule has 0 saturated carbocycles. The summed E-state index contributed by atoms with van der Waals surface area (Å²) >= 11 is 0. The average Bonchev–Trinajstić information content (AvgIpc) is 2.98. The van der Waals surface area contributed by atoms with E-state index in [-0.39, 0.29) is 17.1 Å². The van der Waals surface area contributed by atoms with E-state index in [2.05, 4.69) is 10.1 Å². The van der Waals surface area contributed by atoms with Gasteiger partial charge in [0.25, 0.3) is 0 Å². The molecular weight excluding hydrogens is 358 g/mol. The number of hydrogen-bond acceptors (Lipinski definition) is 5. The molecule has 2 aromatic rings. The lowest BCUT2D eigenvalue weighted by Crippen LogP contribution is -2.34. The van der Waals surface area contributed by atoms with Gasteiger partial charge in [0.15, 0.2) is 0 Å². The van der Waals surface area contributed by atoms with Crippen molar-refractivity contribution in [3.8, 4) is 0 Å². The Morgan fingerprint density at radius 3 is 2.54 bits per heavy atom. The fourth-order valence-electron chi connectivity index (χ4n) is 2.35. The normalized spacial score (nSPS) is 11.4. The van der Waals surface area contributed by atoms with Gasteiger partial charge in [0.1, 0.15) is 10.6 Å². The van der Waals surface area contributed by atoms with Gasteiger partial charge >= 0.3 is 5.97 Å². The van der Waals surface area contributed by atoms with Crippen molar-refractivity contribution >= 4 is 27.6 Å². The zero-order chi connectivity index (χ0) is 19.5. The van der Waals surface area contributed by atoms with Gasteiger partial charge in [-0.05, 0) is 24.6 Å². The number of hydrogen-bond donors (Lipinski definition) is 1. The maximum Gasteiger partial charge on any atom is 0.354 e. The number of sulfonamides is 1. The molecule has 0 aliphatic rings. The molecule has 2 rings (SSSR count). The smallest absolute Gasteiger partial charge is 0.354 e. The number of carbonyl (C=O) groups excluding carboxylic acids is 2. The summed E-state index contributed by atoms with van der Waals surface area (Å²) in [5.41, 5.74) is 1.59. The molecule has 1 N–H and O–H groups in total. The lowest BCUT2D eigenvalue weighted by molar-refractivity contribution is -0.116. The van der Waals surface area contributed by atoms with Gasteiger partial charge in [0, 0.05) is 26.0 Å². The molecule has 26 heavy (non-hydrogen) atoms. The Morgan fingerprint density at radius 1 is 1.27 bits per heavy atom. The van der Waals surface area contributed by atoms with Crippen molar-refractivity contribution < 1.29 is 22.7 Å². The summed E-state index contributed by atoms with van der Waals surface area (Å²) in [4.78, 5) is 23.7. The zero-order valence-electron chi connectivity index (χ0n) is 15.0. The van der Waals surface area contributed by atoms with Crippen molar-refractivity contribution in [1.82, 2.24) is 8.87 Å². The van der Waals surface area contributed by atoms with Crippen LogP contribution in [0.3, 0.4) is 0 Å². The molecule has 0 fully saturated rings. The number of nitrogens with zero attached hydrogens (tertiary/aromatic N) is 2. The van der Waals surface area contributed by atoms with Crippen LogP contribution in [0, 0.1) is 6.92 Å². The quantitative estimate of drug-likeness (QED) is 0.765. The second-order valence-corrected chi connectivity index (χ2v) is 7.83. The van der Waals surface area contributed by atoms with E-state index in [1.54, 1.807) is 12.1 Å². The van der Waals surface area contributed by atoms with Gasteiger partial charge < -0.3 is 14.6 Å². The topological polar surface area (TPSA) is 97.7 Å². The van der Waals surface area contributed by atoms with Crippen molar-refractivity contribution in [2.24, 2.45) is 7.05 Å². The Kier molecular flexibility index (Phi) is 5.83. The highest BCUT2D eigenvalue weighted by Crippen LogP contribution is 2.18. The van der Waals surface area contributed by atoms with Crippen molar-refractivity contribution in [3.05, 3.63) is 47.8 Å². The third-order valence-corrected chi connectivity index (χ3v) is 5.64. The lowest BCUT2D eigenvalue weighted by atomic mass is 10.2. The molecule has 0 bridgehead atoms. The van der Waals surface area contributed by atoms with Crippen molar-refractivity contribution in [1.29, 1.82) is 0 Å². The number of para-hydroxylation sites is 1. The fourth-order valence-corrected chi connectivity index (χ4v) is 3.55. The van der Waals surface area contributed by atoms with E-state index in [0.29, 0.717) is 5.69 Å². The van der Waals surface area contributed by atoms with Gasteiger partial charge in [-0.2, -0.15) is 4.31 Å². The van der Waals surface area contributed by atoms with Crippen LogP contribution in [-0.4, -0.2) is 49.9 Å². The molecule has 0 unspecified atom stereocenters. The molecule has 0 radical (unpaired) electrons. The van der Waals surface area contributed by atoms with Gasteiger partial charge in [-0.1, -0.05) is 18.2 Å². The van der Waals surface area contributed by atoms with E-state index in [1.807, 2.05) is 19.1 Å². The predicted molar refractivity (Wildman–Crippen MR) is 96.4 cm³/mol. The minimum absolute atomic E-state index is 0.0911. The Hall–Kier alpha value is -2.65. The monoisotopic (exact) mass is 379 g/mol. The van der Waals surface area contributed by atoms with Crippen molar-refractivity contribution in [2.45, 2.75) is 11.8 Å². The molecule has 0 aliphatic carbocycles. The van der Waals surface area contributed by atoms with Gasteiger partial charge in [-0.3, -0.25) is 4.79 Å². The van der Waals surface area contributed by atoms with Gasteiger partial charge in [0.05, 0.1) is 13.7 Å². The molecule has 9 heteroatoms. The summed E-state index contributed by atoms with van der Waals surface area (Å²) in [7, 11) is 0.119. The van der Waals surface area contributed by atoms with E-state index in [4.69, 9.17) is 0 Å². The molecule has 1 amide bonds. The van der Waals surface area contributed by atoms with Gasteiger partial charge in [-0.15, -0.1) is 0 Å². The minimum atomic E-state index is -3.94. The van der Waals surface area contributed by atoms with E-state index >= 15 is 0 Å². The number of likely N-dealkylation sites (N-methyl/N-ethyl adjacent to an activating group) is 1. The number of amides is 1. The summed E-state index contributed by atoms with van der Waals surface area (Å²) in [6, 6.07) is 8.42. The number of esters is 1. The second-order valence-electron chi connectivity index (χ2n) is 5.79. The first-order valence-electron chi connectivity index (χ1n) is 7.73. The van der Waals surface area contributed by atoms with Crippen LogP contribution in [0.4, 0.5) is 5.69 Å². The maximum absolute atomic E-state index is 12.6. The van der Waals surface area contributed by atoms with Crippen molar-refractivity contribution in [2.75, 3.05) is 26.0 Å². The first-order chi connectivity index (χ1) is 12.2. The SMILES string of the molecule is COC(=O)c1cc(S(=O)(=O)N(C)CC(=O)Nc2ccccc2C)cn1C. The molecule has 0 saturated heterocycles. The Labute approximate surface area is 152 Å². The van der Waals surface area contributed by atoms with E-state index in [0.717, 1.165) is 9.87 Å². The molecule has 0 spiro atoms. The van der Waals surface area contributed by atoms with Gasteiger partial charge in [-0.25, -0.2) is 13.2 Å². The van der Waals surface area contributed by atoms with E-state index in [1.165, 1.54) is 38.0 Å². The highest BCUT2D eigenvalue weighted by Gasteiger charge is 2.26. The van der Waals surface area contributed by atoms with Crippen LogP contribution in [0.2, 0.25) is 0 Å².